The van der Waals surface area contributed by atoms with Crippen LogP contribution in [-0.2, 0) is 27.9 Å². The molecule has 0 rings (SSSR count). The van der Waals surface area contributed by atoms with Gasteiger partial charge in [0.25, 0.3) is 0 Å². The lowest BCUT2D eigenvalue weighted by molar-refractivity contribution is -0.154. The van der Waals surface area contributed by atoms with Crippen LogP contribution >= 0.6 is 7.82 Å². The van der Waals surface area contributed by atoms with E-state index in [2.05, 4.69) is 74.6 Å². The molecule has 9 heteroatoms. The van der Waals surface area contributed by atoms with Gasteiger partial charge in [0.1, 0.15) is 6.10 Å². The third kappa shape index (κ3) is 37.5. The fourth-order valence-corrected chi connectivity index (χ4v) is 5.79. The van der Waals surface area contributed by atoms with Crippen LogP contribution in [0.1, 0.15) is 155 Å². The molecular formula is C41H74NO7P. The molecule has 0 amide bonds. The summed E-state index contributed by atoms with van der Waals surface area (Å²) < 4.78 is 33.3. The summed E-state index contributed by atoms with van der Waals surface area (Å²) in [5.74, 6) is -0.350. The van der Waals surface area contributed by atoms with Crippen molar-refractivity contribution in [2.45, 2.75) is 161 Å². The van der Waals surface area contributed by atoms with Crippen LogP contribution in [0, 0.1) is 0 Å². The van der Waals surface area contributed by atoms with Gasteiger partial charge in [-0.3, -0.25) is 13.8 Å². The van der Waals surface area contributed by atoms with Crippen molar-refractivity contribution in [1.82, 2.24) is 0 Å². The Bertz CT molecular complexity index is 947. The lowest BCUT2D eigenvalue weighted by Gasteiger charge is -2.20. The zero-order valence-electron chi connectivity index (χ0n) is 31.9. The predicted octanol–water partition coefficient (Wildman–Crippen LogP) is 11.4. The zero-order valence-corrected chi connectivity index (χ0v) is 32.8. The number of esters is 1. The summed E-state index contributed by atoms with van der Waals surface area (Å²) in [4.78, 5) is 22.4. The van der Waals surface area contributed by atoms with Crippen molar-refractivity contribution in [1.29, 1.82) is 0 Å². The highest BCUT2D eigenvalue weighted by Gasteiger charge is 2.25. The maximum Gasteiger partial charge on any atom is 0.472 e. The molecule has 0 bridgehead atoms. The Kier molecular flexibility index (Phi) is 37.0. The molecule has 0 aromatic heterocycles. The Morgan fingerprint density at radius 1 is 0.620 bits per heavy atom. The highest BCUT2D eigenvalue weighted by Crippen LogP contribution is 2.43. The second kappa shape index (κ2) is 38.4. The molecule has 0 fully saturated rings. The van der Waals surface area contributed by atoms with E-state index in [1.807, 2.05) is 0 Å². The first-order valence-electron chi connectivity index (χ1n) is 19.8. The van der Waals surface area contributed by atoms with Crippen molar-refractivity contribution < 1.29 is 32.8 Å². The van der Waals surface area contributed by atoms with Crippen molar-refractivity contribution in [3.63, 3.8) is 0 Å². The molecule has 50 heavy (non-hydrogen) atoms. The van der Waals surface area contributed by atoms with Gasteiger partial charge in [0.05, 0.1) is 19.8 Å². The molecule has 0 aliphatic rings. The summed E-state index contributed by atoms with van der Waals surface area (Å²) in [6.45, 7) is 4.72. The first-order valence-corrected chi connectivity index (χ1v) is 21.3. The van der Waals surface area contributed by atoms with E-state index in [1.54, 1.807) is 0 Å². The van der Waals surface area contributed by atoms with Crippen LogP contribution in [0.4, 0.5) is 0 Å². The van der Waals surface area contributed by atoms with E-state index < -0.39 is 13.9 Å². The third-order valence-electron chi connectivity index (χ3n) is 7.92. The number of phosphoric ester groups is 1. The second-order valence-electron chi connectivity index (χ2n) is 12.8. The molecular weight excluding hydrogens is 649 g/mol. The minimum absolute atomic E-state index is 0.0941. The number of carbonyl (C=O) groups excluding carboxylic acids is 1. The van der Waals surface area contributed by atoms with E-state index >= 15 is 0 Å². The quantitative estimate of drug-likeness (QED) is 0.0281. The highest BCUT2D eigenvalue weighted by atomic mass is 31.2. The number of hydrogen-bond acceptors (Lipinski definition) is 7. The molecule has 0 aliphatic heterocycles. The Morgan fingerprint density at radius 2 is 1.12 bits per heavy atom. The Balaban J connectivity index is 4.11. The summed E-state index contributed by atoms with van der Waals surface area (Å²) in [6, 6.07) is 0. The molecule has 0 heterocycles. The molecule has 2 unspecified atom stereocenters. The summed E-state index contributed by atoms with van der Waals surface area (Å²) in [6.07, 6.45) is 45.2. The topological polar surface area (TPSA) is 117 Å². The van der Waals surface area contributed by atoms with Crippen LogP contribution in [0.5, 0.6) is 0 Å². The molecule has 0 aromatic rings. The van der Waals surface area contributed by atoms with Crippen molar-refractivity contribution in [3.05, 3.63) is 60.8 Å². The fraction of sp³-hybridized carbons (Fsp3) is 0.732. The maximum atomic E-state index is 12.5. The molecule has 0 aliphatic carbocycles. The van der Waals surface area contributed by atoms with E-state index in [0.29, 0.717) is 13.0 Å². The van der Waals surface area contributed by atoms with Crippen LogP contribution in [0.25, 0.3) is 0 Å². The smallest absolute Gasteiger partial charge is 0.457 e. The molecule has 0 radical (unpaired) electrons. The number of allylic oxidation sites excluding steroid dienone is 10. The van der Waals surface area contributed by atoms with Gasteiger partial charge in [-0.15, -0.1) is 0 Å². The highest BCUT2D eigenvalue weighted by molar-refractivity contribution is 7.47. The lowest BCUT2D eigenvalue weighted by atomic mass is 10.1. The van der Waals surface area contributed by atoms with Gasteiger partial charge < -0.3 is 20.1 Å². The number of carbonyl (C=O) groups is 1. The molecule has 3 N–H and O–H groups in total. The maximum absolute atomic E-state index is 12.5. The number of nitrogens with two attached hydrogens (primary N) is 1. The van der Waals surface area contributed by atoms with Crippen LogP contribution in [-0.4, -0.2) is 49.9 Å². The van der Waals surface area contributed by atoms with Gasteiger partial charge in [-0.2, -0.15) is 0 Å². The first kappa shape index (κ1) is 48.2. The van der Waals surface area contributed by atoms with Crippen molar-refractivity contribution in [2.75, 3.05) is 33.0 Å². The summed E-state index contributed by atoms with van der Waals surface area (Å²) in [5.41, 5.74) is 5.35. The van der Waals surface area contributed by atoms with E-state index in [4.69, 9.17) is 24.3 Å². The molecule has 0 saturated carbocycles. The summed E-state index contributed by atoms with van der Waals surface area (Å²) in [5, 5.41) is 0. The fourth-order valence-electron chi connectivity index (χ4n) is 5.03. The predicted molar refractivity (Wildman–Crippen MR) is 210 cm³/mol. The van der Waals surface area contributed by atoms with Crippen LogP contribution in [0.2, 0.25) is 0 Å². The summed E-state index contributed by atoms with van der Waals surface area (Å²) in [7, 11) is -4.28. The van der Waals surface area contributed by atoms with Gasteiger partial charge in [-0.25, -0.2) is 4.57 Å². The van der Waals surface area contributed by atoms with Crippen LogP contribution in [0.3, 0.4) is 0 Å². The second-order valence-corrected chi connectivity index (χ2v) is 14.2. The van der Waals surface area contributed by atoms with Crippen molar-refractivity contribution >= 4 is 13.8 Å². The van der Waals surface area contributed by atoms with Gasteiger partial charge in [0.15, 0.2) is 0 Å². The van der Waals surface area contributed by atoms with Crippen LogP contribution in [0.15, 0.2) is 60.8 Å². The van der Waals surface area contributed by atoms with E-state index in [1.165, 1.54) is 64.2 Å². The first-order chi connectivity index (χ1) is 24.4. The number of phosphoric acid groups is 1. The minimum Gasteiger partial charge on any atom is -0.457 e. The van der Waals surface area contributed by atoms with Crippen molar-refractivity contribution in [3.8, 4) is 0 Å². The molecule has 0 saturated heterocycles. The lowest BCUT2D eigenvalue weighted by Crippen LogP contribution is -2.28. The number of ether oxygens (including phenoxy) is 2. The normalized spacial score (nSPS) is 14.2. The minimum atomic E-state index is -4.28. The van der Waals surface area contributed by atoms with E-state index in [-0.39, 0.29) is 32.3 Å². The van der Waals surface area contributed by atoms with Gasteiger partial charge in [-0.05, 0) is 70.6 Å². The average molecular weight is 724 g/mol. The third-order valence-corrected chi connectivity index (χ3v) is 8.90. The van der Waals surface area contributed by atoms with E-state index in [9.17, 15) is 14.3 Å². The van der Waals surface area contributed by atoms with Crippen LogP contribution < -0.4 is 5.73 Å². The Hall–Kier alpha value is -1.80. The largest absolute Gasteiger partial charge is 0.472 e. The standard InChI is InChI=1S/C41H74NO7P/c1-3-5-7-9-11-13-15-17-18-19-20-21-22-23-24-26-28-30-32-34-41(43)49-40(39-48-50(44,45)47-37-35-42)38-46-36-33-31-29-27-25-16-14-12-10-8-6-4-2/h5,7,10-13,17-18,20-21,40H,3-4,6,8-9,14-16,19,22-39,42H2,1-2H3,(H,44,45)/b7-5-,12-10-,13-11-,18-17-,21-20-. The summed E-state index contributed by atoms with van der Waals surface area (Å²) >= 11 is 0. The Morgan fingerprint density at radius 3 is 1.70 bits per heavy atom. The number of rotatable bonds is 37. The van der Waals surface area contributed by atoms with E-state index in [0.717, 1.165) is 70.6 Å². The SMILES string of the molecule is CC/C=C\C/C=C\C/C=C\C/C=C\CCCCCCCCC(=O)OC(COCCCCCCCC/C=C\CCCC)COP(=O)(O)OCCN. The molecule has 0 spiro atoms. The molecule has 290 valence electrons. The number of unbranched alkanes of at least 4 members (excludes halogenated alkanes) is 14. The van der Waals surface area contributed by atoms with Gasteiger partial charge >= 0.3 is 13.8 Å². The molecule has 2 atom stereocenters. The Labute approximate surface area is 306 Å². The van der Waals surface area contributed by atoms with Gasteiger partial charge in [0, 0.05) is 19.6 Å². The number of hydrogen-bond donors (Lipinski definition) is 2. The molecule has 8 nitrogen and oxygen atoms in total. The van der Waals surface area contributed by atoms with Gasteiger partial charge in [0.2, 0.25) is 0 Å². The van der Waals surface area contributed by atoms with Crippen molar-refractivity contribution in [2.24, 2.45) is 5.73 Å². The van der Waals surface area contributed by atoms with Gasteiger partial charge in [-0.1, -0.05) is 139 Å². The monoisotopic (exact) mass is 724 g/mol. The molecule has 0 aromatic carbocycles. The average Bonchev–Trinajstić information content (AvgIpc) is 3.10. The zero-order chi connectivity index (χ0) is 36.6.